The third-order valence-electron chi connectivity index (χ3n) is 2.86. The number of benzene rings is 1. The molecule has 0 radical (unpaired) electrons. The normalized spacial score (nSPS) is 19.1. The number of carbonyl (C=O) groups excluding carboxylic acids is 2. The first-order valence-corrected chi connectivity index (χ1v) is 6.22. The molecule has 4 nitrogen and oxygen atoms in total. The fraction of sp³-hybridized carbons (Fsp3) is 0.385. The quantitative estimate of drug-likeness (QED) is 0.789. The van der Waals surface area contributed by atoms with Gasteiger partial charge in [0.15, 0.2) is 0 Å². The van der Waals surface area contributed by atoms with Gasteiger partial charge in [0.25, 0.3) is 0 Å². The number of hydrogen-bond acceptors (Lipinski definition) is 3. The highest BCUT2D eigenvalue weighted by molar-refractivity contribution is 6.30. The highest BCUT2D eigenvalue weighted by atomic mass is 35.5. The van der Waals surface area contributed by atoms with E-state index in [1.165, 1.54) is 0 Å². The van der Waals surface area contributed by atoms with E-state index in [2.05, 4.69) is 0 Å². The Hall–Kier alpha value is -1.55. The molecular formula is C13H14ClNO3. The second-order valence-corrected chi connectivity index (χ2v) is 4.57. The Bertz CT molecular complexity index is 475. The van der Waals surface area contributed by atoms with Crippen molar-refractivity contribution in [2.75, 3.05) is 18.1 Å². The average Bonchev–Trinajstić information content (AvgIpc) is 2.72. The molecule has 0 bridgehead atoms. The van der Waals surface area contributed by atoms with Crippen molar-refractivity contribution in [1.29, 1.82) is 0 Å². The molecule has 1 amide bonds. The van der Waals surface area contributed by atoms with Gasteiger partial charge >= 0.3 is 5.97 Å². The Morgan fingerprint density at radius 3 is 3.00 bits per heavy atom. The topological polar surface area (TPSA) is 46.6 Å². The first-order chi connectivity index (χ1) is 8.61. The maximum absolute atomic E-state index is 11.9. The number of esters is 1. The van der Waals surface area contributed by atoms with Gasteiger partial charge in [-0.3, -0.25) is 9.59 Å². The Morgan fingerprint density at radius 2 is 2.33 bits per heavy atom. The fourth-order valence-corrected chi connectivity index (χ4v) is 2.20. The number of ether oxygens (including phenoxy) is 1. The van der Waals surface area contributed by atoms with Gasteiger partial charge in [-0.25, -0.2) is 0 Å². The van der Waals surface area contributed by atoms with Crippen molar-refractivity contribution < 1.29 is 14.3 Å². The van der Waals surface area contributed by atoms with Crippen LogP contribution < -0.4 is 4.90 Å². The van der Waals surface area contributed by atoms with Crippen LogP contribution in [0, 0.1) is 5.92 Å². The largest absolute Gasteiger partial charge is 0.466 e. The molecule has 2 rings (SSSR count). The van der Waals surface area contributed by atoms with Crippen molar-refractivity contribution in [2.45, 2.75) is 13.3 Å². The highest BCUT2D eigenvalue weighted by Gasteiger charge is 2.35. The number of halogens is 1. The standard InChI is InChI=1S/C13H14ClNO3/c1-2-18-13(17)9-6-12(16)15(8-9)11-5-3-4-10(14)7-11/h3-5,7,9H,2,6,8H2,1H3/t9-/m1/s1. The number of amides is 1. The number of carbonyl (C=O) groups is 2. The molecule has 1 atom stereocenters. The zero-order valence-corrected chi connectivity index (χ0v) is 10.8. The summed E-state index contributed by atoms with van der Waals surface area (Å²) in [6.45, 7) is 2.45. The molecule has 1 aromatic carbocycles. The predicted octanol–water partition coefficient (Wildman–Crippen LogP) is 2.26. The molecular weight excluding hydrogens is 254 g/mol. The first kappa shape index (κ1) is 12.9. The van der Waals surface area contributed by atoms with Gasteiger partial charge in [-0.15, -0.1) is 0 Å². The summed E-state index contributed by atoms with van der Waals surface area (Å²) in [4.78, 5) is 25.1. The van der Waals surface area contributed by atoms with Crippen molar-refractivity contribution in [3.8, 4) is 0 Å². The SMILES string of the molecule is CCOC(=O)[C@@H]1CC(=O)N(c2cccc(Cl)c2)C1. The van der Waals surface area contributed by atoms with Gasteiger partial charge in [0, 0.05) is 23.7 Å². The van der Waals surface area contributed by atoms with Crippen LogP contribution in [-0.2, 0) is 14.3 Å². The summed E-state index contributed by atoms with van der Waals surface area (Å²) < 4.78 is 4.94. The maximum Gasteiger partial charge on any atom is 0.311 e. The zero-order valence-electron chi connectivity index (χ0n) is 10.1. The molecule has 1 heterocycles. The molecule has 1 fully saturated rings. The van der Waals surface area contributed by atoms with Crippen LogP contribution in [0.2, 0.25) is 5.02 Å². The van der Waals surface area contributed by atoms with E-state index in [0.29, 0.717) is 18.2 Å². The number of nitrogens with zero attached hydrogens (tertiary/aromatic N) is 1. The van der Waals surface area contributed by atoms with Gasteiger partial charge in [0.1, 0.15) is 0 Å². The van der Waals surface area contributed by atoms with Gasteiger partial charge in [0.2, 0.25) is 5.91 Å². The average molecular weight is 268 g/mol. The van der Waals surface area contributed by atoms with Crippen LogP contribution >= 0.6 is 11.6 Å². The molecule has 0 spiro atoms. The first-order valence-electron chi connectivity index (χ1n) is 5.84. The van der Waals surface area contributed by atoms with Gasteiger partial charge in [-0.05, 0) is 25.1 Å². The van der Waals surface area contributed by atoms with E-state index in [-0.39, 0.29) is 24.2 Å². The van der Waals surface area contributed by atoms with E-state index >= 15 is 0 Å². The van der Waals surface area contributed by atoms with E-state index in [1.54, 1.807) is 36.1 Å². The summed E-state index contributed by atoms with van der Waals surface area (Å²) in [5, 5.41) is 0.569. The Labute approximate surface area is 110 Å². The minimum absolute atomic E-state index is 0.0738. The Kier molecular flexibility index (Phi) is 3.87. The zero-order chi connectivity index (χ0) is 13.1. The van der Waals surface area contributed by atoms with Gasteiger partial charge < -0.3 is 9.64 Å². The lowest BCUT2D eigenvalue weighted by atomic mass is 10.1. The van der Waals surface area contributed by atoms with Crippen LogP contribution in [0.4, 0.5) is 5.69 Å². The lowest BCUT2D eigenvalue weighted by molar-refractivity contribution is -0.147. The van der Waals surface area contributed by atoms with Gasteiger partial charge in [-0.2, -0.15) is 0 Å². The smallest absolute Gasteiger partial charge is 0.311 e. The van der Waals surface area contributed by atoms with Crippen molar-refractivity contribution in [1.82, 2.24) is 0 Å². The monoisotopic (exact) mass is 267 g/mol. The van der Waals surface area contributed by atoms with Crippen molar-refractivity contribution >= 4 is 29.2 Å². The maximum atomic E-state index is 11.9. The van der Waals surface area contributed by atoms with E-state index in [0.717, 1.165) is 5.69 Å². The summed E-state index contributed by atoms with van der Waals surface area (Å²) in [6, 6.07) is 7.04. The van der Waals surface area contributed by atoms with E-state index in [4.69, 9.17) is 16.3 Å². The molecule has 0 aliphatic carbocycles. The molecule has 0 saturated carbocycles. The predicted molar refractivity (Wildman–Crippen MR) is 68.5 cm³/mol. The van der Waals surface area contributed by atoms with Crippen molar-refractivity contribution in [3.05, 3.63) is 29.3 Å². The Morgan fingerprint density at radius 1 is 1.56 bits per heavy atom. The number of anilines is 1. The lowest BCUT2D eigenvalue weighted by Crippen LogP contribution is -2.26. The molecule has 1 aliphatic heterocycles. The fourth-order valence-electron chi connectivity index (χ4n) is 2.02. The molecule has 0 aromatic heterocycles. The molecule has 96 valence electrons. The van der Waals surface area contributed by atoms with Crippen LogP contribution in [0.25, 0.3) is 0 Å². The lowest BCUT2D eigenvalue weighted by Gasteiger charge is -2.16. The van der Waals surface area contributed by atoms with E-state index < -0.39 is 0 Å². The molecule has 1 saturated heterocycles. The summed E-state index contributed by atoms with van der Waals surface area (Å²) in [5.41, 5.74) is 0.722. The van der Waals surface area contributed by atoms with Gasteiger partial charge in [0.05, 0.1) is 12.5 Å². The van der Waals surface area contributed by atoms with Gasteiger partial charge in [-0.1, -0.05) is 17.7 Å². The summed E-state index contributed by atoms with van der Waals surface area (Å²) >= 11 is 5.89. The molecule has 18 heavy (non-hydrogen) atoms. The van der Waals surface area contributed by atoms with Crippen LogP contribution in [0.1, 0.15) is 13.3 Å². The molecule has 5 heteroatoms. The molecule has 0 N–H and O–H groups in total. The third kappa shape index (κ3) is 2.64. The van der Waals surface area contributed by atoms with Crippen molar-refractivity contribution in [2.24, 2.45) is 5.92 Å². The van der Waals surface area contributed by atoms with E-state index in [1.807, 2.05) is 0 Å². The Balaban J connectivity index is 2.12. The second kappa shape index (κ2) is 5.40. The molecule has 0 unspecified atom stereocenters. The number of hydrogen-bond donors (Lipinski definition) is 0. The summed E-state index contributed by atoms with van der Waals surface area (Å²) in [5.74, 6) is -0.762. The minimum Gasteiger partial charge on any atom is -0.466 e. The summed E-state index contributed by atoms with van der Waals surface area (Å²) in [6.07, 6.45) is 0.200. The van der Waals surface area contributed by atoms with Crippen molar-refractivity contribution in [3.63, 3.8) is 0 Å². The van der Waals surface area contributed by atoms with E-state index in [9.17, 15) is 9.59 Å². The number of rotatable bonds is 3. The third-order valence-corrected chi connectivity index (χ3v) is 3.10. The molecule has 1 aromatic rings. The highest BCUT2D eigenvalue weighted by Crippen LogP contribution is 2.27. The van der Waals surface area contributed by atoms with Crippen LogP contribution in [0.15, 0.2) is 24.3 Å². The summed E-state index contributed by atoms with van der Waals surface area (Å²) in [7, 11) is 0. The van der Waals surface area contributed by atoms with Crippen LogP contribution in [-0.4, -0.2) is 25.0 Å². The van der Waals surface area contributed by atoms with Crippen LogP contribution in [0.3, 0.4) is 0 Å². The minimum atomic E-state index is -0.378. The molecule has 1 aliphatic rings. The second-order valence-electron chi connectivity index (χ2n) is 4.14. The van der Waals surface area contributed by atoms with Crippen LogP contribution in [0.5, 0.6) is 0 Å².